The zero-order valence-electron chi connectivity index (χ0n) is 8.05. The van der Waals surface area contributed by atoms with E-state index in [1.165, 1.54) is 25.9 Å². The SMILES string of the molecule is CCN1CCCC1CNCCN. The maximum Gasteiger partial charge on any atom is 0.0221 e. The molecule has 72 valence electrons. The van der Waals surface area contributed by atoms with Crippen LogP contribution in [0.5, 0.6) is 0 Å². The Balaban J connectivity index is 2.12. The number of hydrogen-bond acceptors (Lipinski definition) is 3. The Morgan fingerprint density at radius 2 is 2.42 bits per heavy atom. The molecule has 3 heteroatoms. The molecule has 0 aromatic carbocycles. The van der Waals surface area contributed by atoms with Gasteiger partial charge in [-0.1, -0.05) is 6.92 Å². The van der Waals surface area contributed by atoms with E-state index in [2.05, 4.69) is 17.1 Å². The van der Waals surface area contributed by atoms with Gasteiger partial charge in [0.1, 0.15) is 0 Å². The van der Waals surface area contributed by atoms with Crippen LogP contribution in [0.4, 0.5) is 0 Å². The van der Waals surface area contributed by atoms with Crippen molar-refractivity contribution >= 4 is 0 Å². The van der Waals surface area contributed by atoms with Gasteiger partial charge in [-0.3, -0.25) is 4.90 Å². The van der Waals surface area contributed by atoms with Gasteiger partial charge >= 0.3 is 0 Å². The lowest BCUT2D eigenvalue weighted by molar-refractivity contribution is 0.261. The topological polar surface area (TPSA) is 41.3 Å². The first-order chi connectivity index (χ1) is 5.88. The highest BCUT2D eigenvalue weighted by Gasteiger charge is 2.21. The Morgan fingerprint density at radius 1 is 1.58 bits per heavy atom. The zero-order valence-corrected chi connectivity index (χ0v) is 8.05. The minimum Gasteiger partial charge on any atom is -0.329 e. The predicted molar refractivity (Wildman–Crippen MR) is 52.2 cm³/mol. The Kier molecular flexibility index (Phi) is 4.58. The normalized spacial score (nSPS) is 25.0. The summed E-state index contributed by atoms with van der Waals surface area (Å²) in [6.07, 6.45) is 2.72. The Morgan fingerprint density at radius 3 is 3.08 bits per heavy atom. The number of nitrogens with two attached hydrogens (primary N) is 1. The van der Waals surface area contributed by atoms with Crippen molar-refractivity contribution < 1.29 is 0 Å². The summed E-state index contributed by atoms with van der Waals surface area (Å²) in [6.45, 7) is 7.53. The molecule has 1 fully saturated rings. The molecule has 0 aromatic rings. The molecule has 3 nitrogen and oxygen atoms in total. The molecule has 0 aromatic heterocycles. The summed E-state index contributed by atoms with van der Waals surface area (Å²) in [7, 11) is 0. The van der Waals surface area contributed by atoms with Crippen LogP contribution < -0.4 is 11.1 Å². The first-order valence-corrected chi connectivity index (χ1v) is 5.03. The van der Waals surface area contributed by atoms with E-state index < -0.39 is 0 Å². The molecule has 1 saturated heterocycles. The Hall–Kier alpha value is -0.120. The van der Waals surface area contributed by atoms with Crippen molar-refractivity contribution in [3.05, 3.63) is 0 Å². The summed E-state index contributed by atoms with van der Waals surface area (Å²) >= 11 is 0. The van der Waals surface area contributed by atoms with Gasteiger partial charge in [0.05, 0.1) is 0 Å². The van der Waals surface area contributed by atoms with E-state index in [1.807, 2.05) is 0 Å². The van der Waals surface area contributed by atoms with E-state index in [0.717, 1.165) is 25.7 Å². The maximum atomic E-state index is 5.40. The molecule has 1 heterocycles. The van der Waals surface area contributed by atoms with E-state index in [9.17, 15) is 0 Å². The Bertz CT molecular complexity index is 116. The van der Waals surface area contributed by atoms with Crippen LogP contribution in [-0.4, -0.2) is 43.7 Å². The number of likely N-dealkylation sites (tertiary alicyclic amines) is 1. The van der Waals surface area contributed by atoms with Crippen molar-refractivity contribution in [3.63, 3.8) is 0 Å². The molecule has 1 aliphatic rings. The molecular formula is C9H21N3. The maximum absolute atomic E-state index is 5.40. The molecule has 0 spiro atoms. The number of hydrogen-bond donors (Lipinski definition) is 2. The smallest absolute Gasteiger partial charge is 0.0221 e. The van der Waals surface area contributed by atoms with Crippen LogP contribution in [0.3, 0.4) is 0 Å². The standard InChI is InChI=1S/C9H21N3/c1-2-12-7-3-4-9(12)8-11-6-5-10/h9,11H,2-8,10H2,1H3. The van der Waals surface area contributed by atoms with Crippen molar-refractivity contribution in [1.29, 1.82) is 0 Å². The molecule has 0 amide bonds. The molecule has 1 atom stereocenters. The van der Waals surface area contributed by atoms with Crippen LogP contribution in [0, 0.1) is 0 Å². The average molecular weight is 171 g/mol. The van der Waals surface area contributed by atoms with Gasteiger partial charge in [-0.05, 0) is 25.9 Å². The monoisotopic (exact) mass is 171 g/mol. The molecule has 0 radical (unpaired) electrons. The largest absolute Gasteiger partial charge is 0.329 e. The van der Waals surface area contributed by atoms with Crippen molar-refractivity contribution in [2.75, 3.05) is 32.7 Å². The van der Waals surface area contributed by atoms with Crippen molar-refractivity contribution in [3.8, 4) is 0 Å². The van der Waals surface area contributed by atoms with Gasteiger partial charge in [-0.15, -0.1) is 0 Å². The summed E-state index contributed by atoms with van der Waals surface area (Å²) in [5, 5.41) is 3.37. The van der Waals surface area contributed by atoms with Crippen LogP contribution in [0.15, 0.2) is 0 Å². The summed E-state index contributed by atoms with van der Waals surface area (Å²) in [4.78, 5) is 2.55. The fraction of sp³-hybridized carbons (Fsp3) is 1.00. The molecule has 1 aliphatic heterocycles. The summed E-state index contributed by atoms with van der Waals surface area (Å²) < 4.78 is 0. The van der Waals surface area contributed by atoms with Gasteiger partial charge in [0.15, 0.2) is 0 Å². The first-order valence-electron chi connectivity index (χ1n) is 5.03. The lowest BCUT2D eigenvalue weighted by Crippen LogP contribution is -2.39. The van der Waals surface area contributed by atoms with Crippen LogP contribution in [0.2, 0.25) is 0 Å². The number of rotatable bonds is 5. The van der Waals surface area contributed by atoms with Gasteiger partial charge in [0.2, 0.25) is 0 Å². The van der Waals surface area contributed by atoms with E-state index in [0.29, 0.717) is 0 Å². The number of nitrogens with zero attached hydrogens (tertiary/aromatic N) is 1. The second-order valence-corrected chi connectivity index (χ2v) is 3.42. The van der Waals surface area contributed by atoms with E-state index in [-0.39, 0.29) is 0 Å². The lowest BCUT2D eigenvalue weighted by Gasteiger charge is -2.22. The van der Waals surface area contributed by atoms with Crippen molar-refractivity contribution in [2.45, 2.75) is 25.8 Å². The highest BCUT2D eigenvalue weighted by Crippen LogP contribution is 2.15. The summed E-state index contributed by atoms with van der Waals surface area (Å²) in [6, 6.07) is 0.765. The molecule has 0 saturated carbocycles. The van der Waals surface area contributed by atoms with E-state index >= 15 is 0 Å². The van der Waals surface area contributed by atoms with Gasteiger partial charge in [0.25, 0.3) is 0 Å². The third-order valence-electron chi connectivity index (χ3n) is 2.61. The van der Waals surface area contributed by atoms with Crippen molar-refractivity contribution in [2.24, 2.45) is 5.73 Å². The van der Waals surface area contributed by atoms with Crippen molar-refractivity contribution in [1.82, 2.24) is 10.2 Å². The zero-order chi connectivity index (χ0) is 8.81. The first kappa shape index (κ1) is 9.96. The minimum absolute atomic E-state index is 0.749. The molecule has 0 bridgehead atoms. The molecular weight excluding hydrogens is 150 g/mol. The summed E-state index contributed by atoms with van der Waals surface area (Å²) in [5.41, 5.74) is 5.40. The number of likely N-dealkylation sites (N-methyl/N-ethyl adjacent to an activating group) is 1. The third kappa shape index (κ3) is 2.73. The molecule has 1 unspecified atom stereocenters. The van der Waals surface area contributed by atoms with Crippen LogP contribution in [-0.2, 0) is 0 Å². The molecule has 0 aliphatic carbocycles. The van der Waals surface area contributed by atoms with Gasteiger partial charge in [-0.25, -0.2) is 0 Å². The third-order valence-corrected chi connectivity index (χ3v) is 2.61. The minimum atomic E-state index is 0.749. The second-order valence-electron chi connectivity index (χ2n) is 3.42. The molecule has 3 N–H and O–H groups in total. The van der Waals surface area contributed by atoms with E-state index in [1.54, 1.807) is 0 Å². The van der Waals surface area contributed by atoms with Crippen LogP contribution in [0.25, 0.3) is 0 Å². The average Bonchev–Trinajstić information content (AvgIpc) is 2.52. The number of nitrogens with one attached hydrogen (secondary N) is 1. The Labute approximate surface area is 75.3 Å². The van der Waals surface area contributed by atoms with Crippen LogP contribution in [0.1, 0.15) is 19.8 Å². The fourth-order valence-electron chi connectivity index (χ4n) is 1.91. The van der Waals surface area contributed by atoms with Gasteiger partial charge < -0.3 is 11.1 Å². The van der Waals surface area contributed by atoms with Gasteiger partial charge in [0, 0.05) is 25.7 Å². The van der Waals surface area contributed by atoms with E-state index in [4.69, 9.17) is 5.73 Å². The summed E-state index contributed by atoms with van der Waals surface area (Å²) in [5.74, 6) is 0. The quantitative estimate of drug-likeness (QED) is 0.573. The second kappa shape index (κ2) is 5.51. The highest BCUT2D eigenvalue weighted by atomic mass is 15.2. The van der Waals surface area contributed by atoms with Gasteiger partial charge in [-0.2, -0.15) is 0 Å². The van der Waals surface area contributed by atoms with Crippen LogP contribution >= 0.6 is 0 Å². The molecule has 1 rings (SSSR count). The predicted octanol–water partition coefficient (Wildman–Crippen LogP) is 0.0190. The highest BCUT2D eigenvalue weighted by molar-refractivity contribution is 4.79. The fourth-order valence-corrected chi connectivity index (χ4v) is 1.91. The molecule has 12 heavy (non-hydrogen) atoms. The lowest BCUT2D eigenvalue weighted by atomic mass is 10.2.